The highest BCUT2D eigenvalue weighted by Crippen LogP contribution is 2.16. The number of rotatable bonds is 9. The summed E-state index contributed by atoms with van der Waals surface area (Å²) in [6.07, 6.45) is 1.12. The molecule has 0 fully saturated rings. The number of benzene rings is 1. The van der Waals surface area contributed by atoms with E-state index >= 15 is 0 Å². The second kappa shape index (κ2) is 10.5. The molecule has 0 aliphatic rings. The fourth-order valence-corrected chi connectivity index (χ4v) is 2.37. The number of nitrogens with one attached hydrogen (secondary N) is 1. The first kappa shape index (κ1) is 21.6. The Balaban J connectivity index is 2.67. The van der Waals surface area contributed by atoms with Gasteiger partial charge in [0.25, 0.3) is 0 Å². The van der Waals surface area contributed by atoms with E-state index < -0.39 is 23.8 Å². The number of carbonyl (C=O) groups excluding carboxylic acids is 1. The molecule has 0 aliphatic heterocycles. The van der Waals surface area contributed by atoms with Crippen LogP contribution in [0.1, 0.15) is 46.1 Å². The van der Waals surface area contributed by atoms with Crippen LogP contribution in [-0.4, -0.2) is 41.4 Å². The third kappa shape index (κ3) is 8.98. The van der Waals surface area contributed by atoms with E-state index in [0.717, 1.165) is 24.2 Å². The lowest BCUT2D eigenvalue weighted by molar-refractivity contribution is 0.0440. The molecule has 2 atom stereocenters. The fourth-order valence-electron chi connectivity index (χ4n) is 2.16. The summed E-state index contributed by atoms with van der Waals surface area (Å²) in [4.78, 5) is 12.0. The highest BCUT2D eigenvalue weighted by atomic mass is 35.5. The summed E-state index contributed by atoms with van der Waals surface area (Å²) in [5.74, 6) is 0.838. The van der Waals surface area contributed by atoms with Crippen LogP contribution < -0.4 is 10.1 Å². The molecule has 0 unspecified atom stereocenters. The van der Waals surface area contributed by atoms with Crippen LogP contribution in [0.3, 0.4) is 0 Å². The van der Waals surface area contributed by atoms with Gasteiger partial charge in [0.05, 0.1) is 24.6 Å². The fraction of sp³-hybridized carbons (Fsp3) is 0.632. The van der Waals surface area contributed by atoms with Crippen LogP contribution in [0.15, 0.2) is 24.3 Å². The zero-order valence-electron chi connectivity index (χ0n) is 15.5. The number of amides is 1. The molecule has 6 heteroatoms. The minimum Gasteiger partial charge on any atom is -0.494 e. The molecular weight excluding hydrogens is 342 g/mol. The predicted octanol–water partition coefficient (Wildman–Crippen LogP) is 3.90. The SMILES string of the molecule is CCCCOc1ccc(C[C@H](NC(=O)OC(C)(C)C)[C@@H](O)CCl)cc1. The molecule has 0 saturated heterocycles. The number of alkyl halides is 1. The van der Waals surface area contributed by atoms with Crippen LogP contribution in [0, 0.1) is 0 Å². The van der Waals surface area contributed by atoms with Gasteiger partial charge >= 0.3 is 6.09 Å². The van der Waals surface area contributed by atoms with Crippen molar-refractivity contribution < 1.29 is 19.4 Å². The van der Waals surface area contributed by atoms with E-state index in [2.05, 4.69) is 12.2 Å². The summed E-state index contributed by atoms with van der Waals surface area (Å²) >= 11 is 5.76. The molecule has 1 rings (SSSR count). The third-order valence-electron chi connectivity index (χ3n) is 3.47. The molecule has 0 bridgehead atoms. The molecule has 142 valence electrons. The van der Waals surface area contributed by atoms with Crippen LogP contribution in [0.5, 0.6) is 5.75 Å². The van der Waals surface area contributed by atoms with Crippen molar-refractivity contribution in [3.63, 3.8) is 0 Å². The highest BCUT2D eigenvalue weighted by Gasteiger charge is 2.24. The molecule has 0 saturated carbocycles. The van der Waals surface area contributed by atoms with Crippen molar-refractivity contribution in [1.82, 2.24) is 5.32 Å². The topological polar surface area (TPSA) is 67.8 Å². The van der Waals surface area contributed by atoms with Crippen LogP contribution >= 0.6 is 11.6 Å². The second-order valence-electron chi connectivity index (χ2n) is 7.02. The molecule has 0 radical (unpaired) electrons. The summed E-state index contributed by atoms with van der Waals surface area (Å²) in [6, 6.07) is 7.10. The Labute approximate surface area is 155 Å². The Morgan fingerprint density at radius 2 is 1.92 bits per heavy atom. The molecule has 0 aliphatic carbocycles. The van der Waals surface area contributed by atoms with Crippen molar-refractivity contribution in [3.8, 4) is 5.75 Å². The van der Waals surface area contributed by atoms with Gasteiger partial charge in [0.1, 0.15) is 11.4 Å². The minimum absolute atomic E-state index is 0.0265. The number of hydrogen-bond donors (Lipinski definition) is 2. The van der Waals surface area contributed by atoms with Crippen LogP contribution in [0.2, 0.25) is 0 Å². The average Bonchev–Trinajstić information content (AvgIpc) is 2.53. The summed E-state index contributed by atoms with van der Waals surface area (Å²) < 4.78 is 10.9. The molecule has 1 aromatic carbocycles. The molecule has 1 amide bonds. The van der Waals surface area contributed by atoms with E-state index in [9.17, 15) is 9.90 Å². The monoisotopic (exact) mass is 371 g/mol. The average molecular weight is 372 g/mol. The van der Waals surface area contributed by atoms with E-state index in [1.165, 1.54) is 0 Å². The quantitative estimate of drug-likeness (QED) is 0.510. The first-order valence-electron chi connectivity index (χ1n) is 8.70. The first-order chi connectivity index (χ1) is 11.7. The van der Waals surface area contributed by atoms with E-state index in [4.69, 9.17) is 21.1 Å². The zero-order valence-corrected chi connectivity index (χ0v) is 16.3. The van der Waals surface area contributed by atoms with Gasteiger partial charge in [-0.3, -0.25) is 0 Å². The third-order valence-corrected chi connectivity index (χ3v) is 3.79. The number of hydrogen-bond acceptors (Lipinski definition) is 4. The number of ether oxygens (including phenoxy) is 2. The number of alkyl carbamates (subject to hydrolysis) is 1. The molecule has 0 heterocycles. The number of aliphatic hydroxyl groups excluding tert-OH is 1. The number of halogens is 1. The summed E-state index contributed by atoms with van der Waals surface area (Å²) in [7, 11) is 0. The molecule has 1 aromatic rings. The molecule has 25 heavy (non-hydrogen) atoms. The Bertz CT molecular complexity index is 513. The minimum atomic E-state index is -0.866. The second-order valence-corrected chi connectivity index (χ2v) is 7.33. The lowest BCUT2D eigenvalue weighted by Crippen LogP contribution is -2.47. The Morgan fingerprint density at radius 1 is 1.28 bits per heavy atom. The Hall–Kier alpha value is -1.46. The van der Waals surface area contributed by atoms with Gasteiger partial charge < -0.3 is 19.9 Å². The van der Waals surface area contributed by atoms with Gasteiger partial charge in [0.15, 0.2) is 0 Å². The maximum atomic E-state index is 12.0. The van der Waals surface area contributed by atoms with E-state index in [0.29, 0.717) is 13.0 Å². The highest BCUT2D eigenvalue weighted by molar-refractivity contribution is 6.18. The normalized spacial score (nSPS) is 13.8. The van der Waals surface area contributed by atoms with E-state index in [-0.39, 0.29) is 5.88 Å². The predicted molar refractivity (Wildman–Crippen MR) is 100 cm³/mol. The van der Waals surface area contributed by atoms with E-state index in [1.54, 1.807) is 20.8 Å². The van der Waals surface area contributed by atoms with Crippen molar-refractivity contribution in [1.29, 1.82) is 0 Å². The Morgan fingerprint density at radius 3 is 2.44 bits per heavy atom. The summed E-state index contributed by atoms with van der Waals surface area (Å²) in [5, 5.41) is 12.8. The largest absolute Gasteiger partial charge is 0.494 e. The van der Waals surface area contributed by atoms with Crippen LogP contribution in [0.4, 0.5) is 4.79 Å². The maximum absolute atomic E-state index is 12.0. The molecular formula is C19H30ClNO4. The van der Waals surface area contributed by atoms with Gasteiger partial charge in [-0.05, 0) is 51.3 Å². The number of carbonyl (C=O) groups is 1. The molecule has 0 spiro atoms. The standard InChI is InChI=1S/C19H30ClNO4/c1-5-6-11-24-15-9-7-14(8-10-15)12-16(17(22)13-20)21-18(23)25-19(2,3)4/h7-10,16-17,22H,5-6,11-13H2,1-4H3,(H,21,23)/t16-,17-/m0/s1. The Kier molecular flexibility index (Phi) is 9.08. The summed E-state index contributed by atoms with van der Waals surface area (Å²) in [5.41, 5.74) is 0.367. The number of aliphatic hydroxyl groups is 1. The van der Waals surface area contributed by atoms with Gasteiger partial charge in [-0.15, -0.1) is 11.6 Å². The smallest absolute Gasteiger partial charge is 0.407 e. The lowest BCUT2D eigenvalue weighted by atomic mass is 10.0. The van der Waals surface area contributed by atoms with Crippen molar-refractivity contribution >= 4 is 17.7 Å². The molecule has 2 N–H and O–H groups in total. The van der Waals surface area contributed by atoms with Crippen molar-refractivity contribution in [2.24, 2.45) is 0 Å². The van der Waals surface area contributed by atoms with Crippen LogP contribution in [-0.2, 0) is 11.2 Å². The van der Waals surface area contributed by atoms with Crippen molar-refractivity contribution in [3.05, 3.63) is 29.8 Å². The maximum Gasteiger partial charge on any atom is 0.407 e. The van der Waals surface area contributed by atoms with Crippen molar-refractivity contribution in [2.45, 2.75) is 64.7 Å². The van der Waals surface area contributed by atoms with Crippen molar-refractivity contribution in [2.75, 3.05) is 12.5 Å². The van der Waals surface area contributed by atoms with Crippen LogP contribution in [0.25, 0.3) is 0 Å². The van der Waals surface area contributed by atoms with Gasteiger partial charge in [0, 0.05) is 0 Å². The molecule has 0 aromatic heterocycles. The van der Waals surface area contributed by atoms with Gasteiger partial charge in [0.2, 0.25) is 0 Å². The van der Waals surface area contributed by atoms with Gasteiger partial charge in [-0.25, -0.2) is 4.79 Å². The van der Waals surface area contributed by atoms with E-state index in [1.807, 2.05) is 24.3 Å². The van der Waals surface area contributed by atoms with Gasteiger partial charge in [-0.1, -0.05) is 25.5 Å². The molecule has 5 nitrogen and oxygen atoms in total. The lowest BCUT2D eigenvalue weighted by Gasteiger charge is -2.26. The first-order valence-corrected chi connectivity index (χ1v) is 9.24. The van der Waals surface area contributed by atoms with Gasteiger partial charge in [-0.2, -0.15) is 0 Å². The summed E-state index contributed by atoms with van der Waals surface area (Å²) in [6.45, 7) is 8.18. The number of unbranched alkanes of at least 4 members (excludes halogenated alkanes) is 1. The zero-order chi connectivity index (χ0) is 18.9.